The van der Waals surface area contributed by atoms with Crippen molar-refractivity contribution in [3.63, 3.8) is 0 Å². The van der Waals surface area contributed by atoms with Gasteiger partial charge in [0.25, 0.3) is 0 Å². The molecule has 2 rings (SSSR count). The van der Waals surface area contributed by atoms with Gasteiger partial charge in [-0.05, 0) is 44.7 Å². The third-order valence-corrected chi connectivity index (χ3v) is 6.29. The standard InChI is InChI=1S/C13H23NO4S/c1-14-6-3-11(12(9-14)13(15)18-2)10-4-7-19(16,17)8-5-10/h10-12H,3-9H2,1-2H3. The first-order valence-corrected chi connectivity index (χ1v) is 8.72. The molecule has 2 aliphatic rings. The number of carbonyl (C=O) groups is 1. The number of esters is 1. The normalized spacial score (nSPS) is 32.9. The quantitative estimate of drug-likeness (QED) is 0.695. The summed E-state index contributed by atoms with van der Waals surface area (Å²) in [5.41, 5.74) is 0. The van der Waals surface area contributed by atoms with Crippen LogP contribution in [0.25, 0.3) is 0 Å². The Morgan fingerprint density at radius 2 is 1.84 bits per heavy atom. The lowest BCUT2D eigenvalue weighted by Crippen LogP contribution is -2.46. The van der Waals surface area contributed by atoms with Crippen LogP contribution < -0.4 is 0 Å². The van der Waals surface area contributed by atoms with Gasteiger partial charge in [-0.3, -0.25) is 4.79 Å². The first kappa shape index (κ1) is 14.8. The van der Waals surface area contributed by atoms with Crippen LogP contribution in [-0.4, -0.2) is 58.0 Å². The number of sulfone groups is 1. The molecule has 2 unspecified atom stereocenters. The summed E-state index contributed by atoms with van der Waals surface area (Å²) in [5.74, 6) is 0.926. The smallest absolute Gasteiger partial charge is 0.310 e. The summed E-state index contributed by atoms with van der Waals surface area (Å²) in [6, 6.07) is 0. The van der Waals surface area contributed by atoms with Gasteiger partial charge in [-0.2, -0.15) is 0 Å². The van der Waals surface area contributed by atoms with E-state index in [1.165, 1.54) is 7.11 Å². The Labute approximate surface area is 115 Å². The lowest BCUT2D eigenvalue weighted by atomic mass is 9.74. The molecule has 2 saturated heterocycles. The Hall–Kier alpha value is -0.620. The van der Waals surface area contributed by atoms with Gasteiger partial charge in [0.15, 0.2) is 0 Å². The Balaban J connectivity index is 2.06. The molecule has 0 saturated carbocycles. The third-order valence-electron chi connectivity index (χ3n) is 4.58. The zero-order valence-electron chi connectivity index (χ0n) is 11.7. The van der Waals surface area contributed by atoms with Gasteiger partial charge in [-0.25, -0.2) is 8.42 Å². The molecule has 0 bridgehead atoms. The number of hydrogen-bond donors (Lipinski definition) is 0. The molecule has 0 N–H and O–H groups in total. The van der Waals surface area contributed by atoms with E-state index in [4.69, 9.17) is 4.74 Å². The molecule has 2 aliphatic heterocycles. The summed E-state index contributed by atoms with van der Waals surface area (Å²) in [6.45, 7) is 1.70. The zero-order valence-corrected chi connectivity index (χ0v) is 12.5. The van der Waals surface area contributed by atoms with Crippen molar-refractivity contribution in [3.05, 3.63) is 0 Å². The largest absolute Gasteiger partial charge is 0.469 e. The number of hydrogen-bond acceptors (Lipinski definition) is 5. The van der Waals surface area contributed by atoms with Crippen molar-refractivity contribution < 1.29 is 17.9 Å². The lowest BCUT2D eigenvalue weighted by molar-refractivity contribution is -0.150. The highest BCUT2D eigenvalue weighted by Gasteiger charge is 2.40. The van der Waals surface area contributed by atoms with Gasteiger partial charge in [0.2, 0.25) is 0 Å². The van der Waals surface area contributed by atoms with Gasteiger partial charge >= 0.3 is 5.97 Å². The minimum absolute atomic E-state index is 0.102. The summed E-state index contributed by atoms with van der Waals surface area (Å²) in [4.78, 5) is 14.1. The van der Waals surface area contributed by atoms with Crippen molar-refractivity contribution >= 4 is 15.8 Å². The second-order valence-electron chi connectivity index (χ2n) is 5.83. The van der Waals surface area contributed by atoms with Crippen LogP contribution in [0.2, 0.25) is 0 Å². The van der Waals surface area contributed by atoms with Crippen LogP contribution in [0.1, 0.15) is 19.3 Å². The van der Waals surface area contributed by atoms with Gasteiger partial charge in [-0.1, -0.05) is 0 Å². The predicted octanol–water partition coefficient (Wildman–Crippen LogP) is 0.552. The minimum Gasteiger partial charge on any atom is -0.469 e. The van der Waals surface area contributed by atoms with Crippen LogP contribution in [0.5, 0.6) is 0 Å². The molecule has 19 heavy (non-hydrogen) atoms. The number of rotatable bonds is 2. The van der Waals surface area contributed by atoms with Crippen LogP contribution in [0.4, 0.5) is 0 Å². The van der Waals surface area contributed by atoms with E-state index in [2.05, 4.69) is 4.90 Å². The van der Waals surface area contributed by atoms with Crippen LogP contribution >= 0.6 is 0 Å². The van der Waals surface area contributed by atoms with Gasteiger partial charge < -0.3 is 9.64 Å². The Kier molecular flexibility index (Phi) is 4.50. The van der Waals surface area contributed by atoms with Crippen LogP contribution in [0.15, 0.2) is 0 Å². The predicted molar refractivity (Wildman–Crippen MR) is 72.5 cm³/mol. The molecule has 110 valence electrons. The first-order chi connectivity index (χ1) is 8.93. The fourth-order valence-corrected chi connectivity index (χ4v) is 4.96. The van der Waals surface area contributed by atoms with E-state index in [0.717, 1.165) is 19.5 Å². The van der Waals surface area contributed by atoms with Crippen molar-refractivity contribution in [2.75, 3.05) is 38.8 Å². The summed E-state index contributed by atoms with van der Waals surface area (Å²) in [6.07, 6.45) is 2.36. The third kappa shape index (κ3) is 3.48. The molecule has 6 heteroatoms. The molecule has 2 atom stereocenters. The molecule has 0 radical (unpaired) electrons. The van der Waals surface area contributed by atoms with Crippen molar-refractivity contribution in [1.82, 2.24) is 4.90 Å². The van der Waals surface area contributed by atoms with E-state index < -0.39 is 9.84 Å². The molecular weight excluding hydrogens is 266 g/mol. The number of methoxy groups -OCH3 is 1. The first-order valence-electron chi connectivity index (χ1n) is 6.90. The van der Waals surface area contributed by atoms with Crippen molar-refractivity contribution in [2.45, 2.75) is 19.3 Å². The van der Waals surface area contributed by atoms with E-state index in [1.54, 1.807) is 0 Å². The molecule has 0 aromatic heterocycles. The number of carbonyl (C=O) groups excluding carboxylic acids is 1. The molecule has 0 aromatic rings. The van der Waals surface area contributed by atoms with Gasteiger partial charge in [0.1, 0.15) is 9.84 Å². The highest BCUT2D eigenvalue weighted by atomic mass is 32.2. The Morgan fingerprint density at radius 3 is 2.42 bits per heavy atom. The van der Waals surface area contributed by atoms with E-state index in [-0.39, 0.29) is 29.3 Å². The molecule has 0 aromatic carbocycles. The fourth-order valence-electron chi connectivity index (χ4n) is 3.43. The molecule has 0 aliphatic carbocycles. The Bertz CT molecular complexity index is 420. The molecule has 0 spiro atoms. The van der Waals surface area contributed by atoms with Crippen LogP contribution in [0.3, 0.4) is 0 Å². The average molecular weight is 289 g/mol. The maximum atomic E-state index is 11.9. The fraction of sp³-hybridized carbons (Fsp3) is 0.923. The number of ether oxygens (including phenoxy) is 1. The van der Waals surface area contributed by atoms with E-state index in [1.807, 2.05) is 7.05 Å². The van der Waals surface area contributed by atoms with E-state index in [0.29, 0.717) is 18.8 Å². The maximum Gasteiger partial charge on any atom is 0.310 e. The lowest BCUT2D eigenvalue weighted by Gasteiger charge is -2.40. The van der Waals surface area contributed by atoms with Gasteiger partial charge in [0.05, 0.1) is 24.5 Å². The van der Waals surface area contributed by atoms with Crippen LogP contribution in [-0.2, 0) is 19.4 Å². The SMILES string of the molecule is COC(=O)C1CN(C)CCC1C1CCS(=O)(=O)CC1. The summed E-state index contributed by atoms with van der Waals surface area (Å²) < 4.78 is 27.9. The molecule has 0 amide bonds. The number of nitrogens with zero attached hydrogens (tertiary/aromatic N) is 1. The summed E-state index contributed by atoms with van der Waals surface area (Å²) in [5, 5.41) is 0. The molecule has 2 heterocycles. The highest BCUT2D eigenvalue weighted by Crippen LogP contribution is 2.36. The Morgan fingerprint density at radius 1 is 1.21 bits per heavy atom. The number of piperidine rings is 1. The highest BCUT2D eigenvalue weighted by molar-refractivity contribution is 7.91. The molecular formula is C13H23NO4S. The maximum absolute atomic E-state index is 11.9. The second-order valence-corrected chi connectivity index (χ2v) is 8.14. The topological polar surface area (TPSA) is 63.7 Å². The number of likely N-dealkylation sites (tertiary alicyclic amines) is 1. The van der Waals surface area contributed by atoms with Gasteiger partial charge in [-0.15, -0.1) is 0 Å². The average Bonchev–Trinajstić information content (AvgIpc) is 2.38. The van der Waals surface area contributed by atoms with E-state index in [9.17, 15) is 13.2 Å². The monoisotopic (exact) mass is 289 g/mol. The summed E-state index contributed by atoms with van der Waals surface area (Å²) in [7, 11) is 0.606. The van der Waals surface area contributed by atoms with Crippen molar-refractivity contribution in [2.24, 2.45) is 17.8 Å². The molecule has 5 nitrogen and oxygen atoms in total. The summed E-state index contributed by atoms with van der Waals surface area (Å²) >= 11 is 0. The minimum atomic E-state index is -2.83. The van der Waals surface area contributed by atoms with Crippen molar-refractivity contribution in [1.29, 1.82) is 0 Å². The van der Waals surface area contributed by atoms with Crippen molar-refractivity contribution in [3.8, 4) is 0 Å². The van der Waals surface area contributed by atoms with E-state index >= 15 is 0 Å². The van der Waals surface area contributed by atoms with Gasteiger partial charge in [0, 0.05) is 6.54 Å². The van der Waals surface area contributed by atoms with Crippen LogP contribution in [0, 0.1) is 17.8 Å². The second kappa shape index (κ2) is 5.79. The molecule has 2 fully saturated rings. The zero-order chi connectivity index (χ0) is 14.0.